The van der Waals surface area contributed by atoms with Crippen LogP contribution in [0.2, 0.25) is 0 Å². The second-order valence-electron chi connectivity index (χ2n) is 4.97. The lowest BCUT2D eigenvalue weighted by Gasteiger charge is -2.13. The summed E-state index contributed by atoms with van der Waals surface area (Å²) in [5.74, 6) is 2.24. The molecule has 0 radical (unpaired) electrons. The third-order valence-electron chi connectivity index (χ3n) is 2.93. The summed E-state index contributed by atoms with van der Waals surface area (Å²) in [6.45, 7) is 6.70. The Kier molecular flexibility index (Phi) is 5.90. The van der Waals surface area contributed by atoms with Crippen LogP contribution in [0.15, 0.2) is 59.1 Å². The van der Waals surface area contributed by atoms with Crippen LogP contribution in [0.1, 0.15) is 12.5 Å². The third kappa shape index (κ3) is 4.81. The highest BCUT2D eigenvalue weighted by molar-refractivity contribution is 9.10. The summed E-state index contributed by atoms with van der Waals surface area (Å²) < 4.78 is 17.7. The van der Waals surface area contributed by atoms with Gasteiger partial charge in [-0.1, -0.05) is 34.6 Å². The van der Waals surface area contributed by atoms with Gasteiger partial charge >= 0.3 is 0 Å². The van der Waals surface area contributed by atoms with Crippen LogP contribution in [0.25, 0.3) is 0 Å². The van der Waals surface area contributed by atoms with Crippen molar-refractivity contribution in [2.45, 2.75) is 13.5 Å². The minimum absolute atomic E-state index is 0.462. The molecule has 0 heterocycles. The first-order chi connectivity index (χ1) is 10.6. The first kappa shape index (κ1) is 16.4. The van der Waals surface area contributed by atoms with Gasteiger partial charge in [0.05, 0.1) is 7.11 Å². The van der Waals surface area contributed by atoms with Crippen molar-refractivity contribution in [3.8, 4) is 17.2 Å². The molecule has 0 N–H and O–H groups in total. The maximum atomic E-state index is 5.88. The minimum Gasteiger partial charge on any atom is -0.497 e. The van der Waals surface area contributed by atoms with E-state index >= 15 is 0 Å². The van der Waals surface area contributed by atoms with Gasteiger partial charge in [0.1, 0.15) is 19.0 Å². The highest BCUT2D eigenvalue weighted by Crippen LogP contribution is 2.31. The molecule has 2 aromatic rings. The van der Waals surface area contributed by atoms with E-state index in [1.54, 1.807) is 7.11 Å². The molecular formula is C18H19BrO3. The lowest BCUT2D eigenvalue weighted by atomic mass is 10.2. The zero-order valence-corrected chi connectivity index (χ0v) is 14.4. The van der Waals surface area contributed by atoms with Crippen LogP contribution in [0, 0.1) is 0 Å². The molecule has 0 atom stereocenters. The Morgan fingerprint density at radius 2 is 1.77 bits per heavy atom. The van der Waals surface area contributed by atoms with Crippen LogP contribution >= 0.6 is 15.9 Å². The molecule has 0 aromatic heterocycles. The molecule has 0 aliphatic carbocycles. The second kappa shape index (κ2) is 7.90. The van der Waals surface area contributed by atoms with Gasteiger partial charge in [-0.25, -0.2) is 0 Å². The van der Waals surface area contributed by atoms with E-state index in [1.807, 2.05) is 49.4 Å². The van der Waals surface area contributed by atoms with E-state index in [2.05, 4.69) is 22.5 Å². The highest BCUT2D eigenvalue weighted by Gasteiger charge is 2.07. The minimum atomic E-state index is 0.462. The maximum absolute atomic E-state index is 5.88. The standard InChI is InChI=1S/C18H19BrO3/c1-13(2)11-21-17-9-6-15(19)10-18(17)22-12-14-4-7-16(20-3)8-5-14/h4-10H,1,11-12H2,2-3H3. The predicted octanol–water partition coefficient (Wildman–Crippen LogP) is 4.99. The molecular weight excluding hydrogens is 344 g/mol. The topological polar surface area (TPSA) is 27.7 Å². The fourth-order valence-corrected chi connectivity index (χ4v) is 2.14. The normalized spacial score (nSPS) is 10.1. The van der Waals surface area contributed by atoms with Gasteiger partial charge in [-0.2, -0.15) is 0 Å². The Hall–Kier alpha value is -1.94. The molecule has 116 valence electrons. The average molecular weight is 363 g/mol. The number of hydrogen-bond donors (Lipinski definition) is 0. The first-order valence-corrected chi connectivity index (χ1v) is 7.70. The number of halogens is 1. The van der Waals surface area contributed by atoms with Crippen molar-refractivity contribution in [1.29, 1.82) is 0 Å². The Morgan fingerprint density at radius 1 is 1.05 bits per heavy atom. The van der Waals surface area contributed by atoms with E-state index in [1.165, 1.54) is 0 Å². The van der Waals surface area contributed by atoms with Crippen LogP contribution in [-0.2, 0) is 6.61 Å². The van der Waals surface area contributed by atoms with Gasteiger partial charge in [-0.05, 0) is 48.4 Å². The quantitative estimate of drug-likeness (QED) is 0.649. The average Bonchev–Trinajstić information content (AvgIpc) is 2.52. The van der Waals surface area contributed by atoms with Crippen molar-refractivity contribution in [2.75, 3.05) is 13.7 Å². The smallest absolute Gasteiger partial charge is 0.162 e. The van der Waals surface area contributed by atoms with E-state index in [4.69, 9.17) is 14.2 Å². The van der Waals surface area contributed by atoms with Gasteiger partial charge in [0.25, 0.3) is 0 Å². The molecule has 2 aromatic carbocycles. The molecule has 2 rings (SSSR count). The summed E-state index contributed by atoms with van der Waals surface area (Å²) in [4.78, 5) is 0. The number of methoxy groups -OCH3 is 1. The Labute approximate surface area is 139 Å². The number of ether oxygens (including phenoxy) is 3. The molecule has 0 unspecified atom stereocenters. The van der Waals surface area contributed by atoms with Crippen molar-refractivity contribution in [1.82, 2.24) is 0 Å². The van der Waals surface area contributed by atoms with Crippen LogP contribution < -0.4 is 14.2 Å². The molecule has 0 spiro atoms. The largest absolute Gasteiger partial charge is 0.497 e. The van der Waals surface area contributed by atoms with Gasteiger partial charge in [-0.3, -0.25) is 0 Å². The molecule has 0 saturated heterocycles. The number of benzene rings is 2. The van der Waals surface area contributed by atoms with Crippen molar-refractivity contribution in [2.24, 2.45) is 0 Å². The van der Waals surface area contributed by atoms with E-state index in [0.717, 1.165) is 21.4 Å². The van der Waals surface area contributed by atoms with Gasteiger partial charge in [-0.15, -0.1) is 0 Å². The molecule has 0 fully saturated rings. The summed E-state index contributed by atoms with van der Waals surface area (Å²) in [6, 6.07) is 13.5. The van der Waals surface area contributed by atoms with Gasteiger partial charge in [0.15, 0.2) is 11.5 Å². The molecule has 0 aliphatic rings. The van der Waals surface area contributed by atoms with Crippen molar-refractivity contribution in [3.63, 3.8) is 0 Å². The maximum Gasteiger partial charge on any atom is 0.162 e. The molecule has 22 heavy (non-hydrogen) atoms. The molecule has 3 nitrogen and oxygen atoms in total. The van der Waals surface area contributed by atoms with Crippen LogP contribution in [-0.4, -0.2) is 13.7 Å². The highest BCUT2D eigenvalue weighted by atomic mass is 79.9. The number of rotatable bonds is 7. The first-order valence-electron chi connectivity index (χ1n) is 6.91. The molecule has 0 saturated carbocycles. The lowest BCUT2D eigenvalue weighted by Crippen LogP contribution is -2.02. The van der Waals surface area contributed by atoms with Gasteiger partial charge < -0.3 is 14.2 Å². The van der Waals surface area contributed by atoms with Crippen molar-refractivity contribution in [3.05, 3.63) is 64.7 Å². The van der Waals surface area contributed by atoms with E-state index in [-0.39, 0.29) is 0 Å². The molecule has 0 bridgehead atoms. The summed E-state index contributed by atoms with van der Waals surface area (Å²) >= 11 is 3.45. The SMILES string of the molecule is C=C(C)COc1ccc(Br)cc1OCc1ccc(OC)cc1. The Bertz CT molecular complexity index is 635. The summed E-state index contributed by atoms with van der Waals surface area (Å²) in [6.07, 6.45) is 0. The predicted molar refractivity (Wildman–Crippen MR) is 91.8 cm³/mol. The summed E-state index contributed by atoms with van der Waals surface area (Å²) in [7, 11) is 1.65. The molecule has 0 amide bonds. The second-order valence-corrected chi connectivity index (χ2v) is 5.89. The van der Waals surface area contributed by atoms with E-state index in [0.29, 0.717) is 24.7 Å². The molecule has 0 aliphatic heterocycles. The Balaban J connectivity index is 2.06. The van der Waals surface area contributed by atoms with Gasteiger partial charge in [0.2, 0.25) is 0 Å². The summed E-state index contributed by atoms with van der Waals surface area (Å²) in [5.41, 5.74) is 2.02. The lowest BCUT2D eigenvalue weighted by molar-refractivity contribution is 0.272. The Morgan fingerprint density at radius 3 is 2.41 bits per heavy atom. The monoisotopic (exact) mass is 362 g/mol. The van der Waals surface area contributed by atoms with E-state index < -0.39 is 0 Å². The van der Waals surface area contributed by atoms with Crippen LogP contribution in [0.4, 0.5) is 0 Å². The zero-order chi connectivity index (χ0) is 15.9. The zero-order valence-electron chi connectivity index (χ0n) is 12.8. The van der Waals surface area contributed by atoms with Gasteiger partial charge in [0, 0.05) is 4.47 Å². The van der Waals surface area contributed by atoms with E-state index in [9.17, 15) is 0 Å². The fourth-order valence-electron chi connectivity index (χ4n) is 1.80. The number of hydrogen-bond acceptors (Lipinski definition) is 3. The molecule has 4 heteroatoms. The third-order valence-corrected chi connectivity index (χ3v) is 3.43. The van der Waals surface area contributed by atoms with Crippen LogP contribution in [0.5, 0.6) is 17.2 Å². The van der Waals surface area contributed by atoms with Crippen LogP contribution in [0.3, 0.4) is 0 Å². The fraction of sp³-hybridized carbons (Fsp3) is 0.222. The van der Waals surface area contributed by atoms with Crippen molar-refractivity contribution >= 4 is 15.9 Å². The summed E-state index contributed by atoms with van der Waals surface area (Å²) in [5, 5.41) is 0. The van der Waals surface area contributed by atoms with Crippen molar-refractivity contribution < 1.29 is 14.2 Å².